The first-order chi connectivity index (χ1) is 5.04. The number of pyridine rings is 1. The Hall–Kier alpha value is -0.580. The Kier molecular flexibility index (Phi) is 2.17. The average Bonchev–Trinajstić information content (AvgIpc) is 1.97. The Labute approximate surface area is 69.4 Å². The maximum absolute atomic E-state index is 12.7. The van der Waals surface area contributed by atoms with Crippen molar-refractivity contribution in [3.8, 4) is 0 Å². The topological polar surface area (TPSA) is 12.9 Å². The van der Waals surface area contributed by atoms with Crippen molar-refractivity contribution < 1.29 is 13.2 Å². The van der Waals surface area contributed by atoms with Gasteiger partial charge in [-0.3, -0.25) is 0 Å². The second kappa shape index (κ2) is 2.81. The van der Waals surface area contributed by atoms with Crippen LogP contribution in [0.25, 0.3) is 0 Å². The van der Waals surface area contributed by atoms with E-state index in [4.69, 9.17) is 0 Å². The first-order valence-electron chi connectivity index (χ1n) is 2.70. The summed E-state index contributed by atoms with van der Waals surface area (Å²) < 4.78 is 37.2. The van der Waals surface area contributed by atoms with Crippen LogP contribution in [0.3, 0.4) is 0 Å². The Balaban J connectivity index is 3.46. The van der Waals surface area contributed by atoms with E-state index in [1.807, 2.05) is 0 Å². The Morgan fingerprint density at radius 3 is 2.27 bits per heavy atom. The third-order valence-electron chi connectivity index (χ3n) is 1.22. The zero-order valence-corrected chi connectivity index (χ0v) is 7.05. The molecule has 0 bridgehead atoms. The maximum Gasteiger partial charge on any atom is 0.250 e. The number of aromatic nitrogens is 1. The van der Waals surface area contributed by atoms with Gasteiger partial charge in [-0.25, -0.2) is 13.8 Å². The van der Waals surface area contributed by atoms with E-state index in [0.717, 1.165) is 6.92 Å². The second-order valence-electron chi connectivity index (χ2n) is 1.95. The fourth-order valence-electron chi connectivity index (χ4n) is 0.590. The molecule has 1 heterocycles. The fraction of sp³-hybridized carbons (Fsp3) is 0.167. The van der Waals surface area contributed by atoms with E-state index in [1.165, 1.54) is 0 Å². The van der Waals surface area contributed by atoms with Crippen LogP contribution in [-0.4, -0.2) is 4.98 Å². The molecule has 1 aromatic heterocycles. The highest BCUT2D eigenvalue weighted by Crippen LogP contribution is 2.19. The summed E-state index contributed by atoms with van der Waals surface area (Å²) in [5.41, 5.74) is -0.371. The van der Waals surface area contributed by atoms with Crippen molar-refractivity contribution in [1.29, 1.82) is 0 Å². The molecule has 0 amide bonds. The number of rotatable bonds is 0. The summed E-state index contributed by atoms with van der Waals surface area (Å²) in [7, 11) is 0. The molecule has 1 rings (SSSR count). The molecule has 0 aliphatic carbocycles. The monoisotopic (exact) mass is 225 g/mol. The van der Waals surface area contributed by atoms with E-state index in [0.29, 0.717) is 0 Å². The first kappa shape index (κ1) is 8.52. The molecule has 0 atom stereocenters. The van der Waals surface area contributed by atoms with E-state index < -0.39 is 17.6 Å². The van der Waals surface area contributed by atoms with Gasteiger partial charge in [0.2, 0.25) is 5.95 Å². The normalized spacial score (nSPS) is 10.3. The molecule has 11 heavy (non-hydrogen) atoms. The van der Waals surface area contributed by atoms with Gasteiger partial charge in [0.15, 0.2) is 11.6 Å². The standard InChI is InChI=1S/C6H3BrF3N/c1-2-3(8)5(7)11-6(10)4(2)9/h1H3. The average molecular weight is 226 g/mol. The molecule has 0 fully saturated rings. The molecule has 0 aliphatic heterocycles. The number of hydrogen-bond acceptors (Lipinski definition) is 1. The Bertz CT molecular complexity index is 274. The van der Waals surface area contributed by atoms with E-state index in [1.54, 1.807) is 0 Å². The molecule has 0 unspecified atom stereocenters. The van der Waals surface area contributed by atoms with Crippen LogP contribution in [0.5, 0.6) is 0 Å². The van der Waals surface area contributed by atoms with Crippen molar-refractivity contribution in [2.45, 2.75) is 6.92 Å². The molecular weight excluding hydrogens is 223 g/mol. The van der Waals surface area contributed by atoms with Crippen LogP contribution in [0.15, 0.2) is 4.60 Å². The highest BCUT2D eigenvalue weighted by atomic mass is 79.9. The van der Waals surface area contributed by atoms with E-state index in [9.17, 15) is 13.2 Å². The summed E-state index contributed by atoms with van der Waals surface area (Å²) >= 11 is 2.64. The van der Waals surface area contributed by atoms with Gasteiger partial charge in [0, 0.05) is 5.56 Å². The molecule has 1 nitrogen and oxygen atoms in total. The third kappa shape index (κ3) is 1.38. The van der Waals surface area contributed by atoms with Crippen molar-refractivity contribution in [2.75, 3.05) is 0 Å². The van der Waals surface area contributed by atoms with Gasteiger partial charge in [0.05, 0.1) is 0 Å². The molecule has 1 aromatic rings. The second-order valence-corrected chi connectivity index (χ2v) is 2.70. The minimum atomic E-state index is -1.30. The van der Waals surface area contributed by atoms with Crippen LogP contribution < -0.4 is 0 Å². The molecular formula is C6H3BrF3N. The molecule has 5 heteroatoms. The fourth-order valence-corrected chi connectivity index (χ4v) is 1.04. The molecule has 0 aromatic carbocycles. The van der Waals surface area contributed by atoms with Gasteiger partial charge in [0.25, 0.3) is 0 Å². The smallest absolute Gasteiger partial charge is 0.207 e. The zero-order chi connectivity index (χ0) is 8.59. The van der Waals surface area contributed by atoms with Gasteiger partial charge >= 0.3 is 0 Å². The SMILES string of the molecule is Cc1c(F)c(F)nc(Br)c1F. The summed E-state index contributed by atoms with van der Waals surface area (Å²) in [5, 5.41) is 0. The Morgan fingerprint density at radius 2 is 1.73 bits per heavy atom. The maximum atomic E-state index is 12.7. The van der Waals surface area contributed by atoms with Crippen LogP contribution in [0.1, 0.15) is 5.56 Å². The number of hydrogen-bond donors (Lipinski definition) is 0. The quantitative estimate of drug-likeness (QED) is 0.619. The molecule has 60 valence electrons. The van der Waals surface area contributed by atoms with Crippen LogP contribution in [0.2, 0.25) is 0 Å². The number of halogens is 4. The molecule has 0 saturated carbocycles. The minimum Gasteiger partial charge on any atom is -0.207 e. The Morgan fingerprint density at radius 1 is 1.18 bits per heavy atom. The first-order valence-corrected chi connectivity index (χ1v) is 3.50. The van der Waals surface area contributed by atoms with Gasteiger partial charge in [-0.2, -0.15) is 4.39 Å². The van der Waals surface area contributed by atoms with Crippen molar-refractivity contribution >= 4 is 15.9 Å². The molecule has 0 spiro atoms. The van der Waals surface area contributed by atoms with Crippen LogP contribution >= 0.6 is 15.9 Å². The van der Waals surface area contributed by atoms with Gasteiger partial charge < -0.3 is 0 Å². The lowest BCUT2D eigenvalue weighted by Crippen LogP contribution is -1.98. The lowest BCUT2D eigenvalue weighted by Gasteiger charge is -1.99. The zero-order valence-electron chi connectivity index (χ0n) is 5.46. The molecule has 0 aliphatic rings. The summed E-state index contributed by atoms with van der Waals surface area (Å²) in [6, 6.07) is 0. The van der Waals surface area contributed by atoms with Crippen LogP contribution in [-0.2, 0) is 0 Å². The minimum absolute atomic E-state index is 0.311. The highest BCUT2D eigenvalue weighted by molar-refractivity contribution is 9.10. The van der Waals surface area contributed by atoms with Crippen molar-refractivity contribution in [2.24, 2.45) is 0 Å². The largest absolute Gasteiger partial charge is 0.250 e. The summed E-state index contributed by atoms with van der Waals surface area (Å²) in [6.45, 7) is 1.14. The predicted molar refractivity (Wildman–Crippen MR) is 36.5 cm³/mol. The van der Waals surface area contributed by atoms with Crippen molar-refractivity contribution in [3.63, 3.8) is 0 Å². The van der Waals surface area contributed by atoms with Gasteiger partial charge in [0.1, 0.15) is 4.60 Å². The van der Waals surface area contributed by atoms with Crippen molar-refractivity contribution in [3.05, 3.63) is 27.7 Å². The van der Waals surface area contributed by atoms with E-state index >= 15 is 0 Å². The summed E-state index contributed by atoms with van der Waals surface area (Å²) in [4.78, 5) is 2.93. The molecule has 0 radical (unpaired) electrons. The van der Waals surface area contributed by atoms with E-state index in [-0.39, 0.29) is 10.2 Å². The lowest BCUT2D eigenvalue weighted by atomic mass is 10.3. The third-order valence-corrected chi connectivity index (χ3v) is 1.74. The van der Waals surface area contributed by atoms with Crippen molar-refractivity contribution in [1.82, 2.24) is 4.98 Å². The van der Waals surface area contributed by atoms with Gasteiger partial charge in [-0.05, 0) is 22.9 Å². The van der Waals surface area contributed by atoms with Crippen LogP contribution in [0, 0.1) is 24.5 Å². The summed E-state index contributed by atoms with van der Waals surface area (Å²) in [6.07, 6.45) is 0. The molecule has 0 N–H and O–H groups in total. The summed E-state index contributed by atoms with van der Waals surface area (Å²) in [5.74, 6) is -3.41. The van der Waals surface area contributed by atoms with Gasteiger partial charge in [-0.15, -0.1) is 0 Å². The van der Waals surface area contributed by atoms with E-state index in [2.05, 4.69) is 20.9 Å². The number of nitrogens with zero attached hydrogens (tertiary/aromatic N) is 1. The highest BCUT2D eigenvalue weighted by Gasteiger charge is 2.14. The lowest BCUT2D eigenvalue weighted by molar-refractivity contribution is 0.452. The van der Waals surface area contributed by atoms with Crippen LogP contribution in [0.4, 0.5) is 13.2 Å². The predicted octanol–water partition coefficient (Wildman–Crippen LogP) is 2.57. The van der Waals surface area contributed by atoms with Gasteiger partial charge in [-0.1, -0.05) is 0 Å². The molecule has 0 saturated heterocycles.